The van der Waals surface area contributed by atoms with E-state index in [9.17, 15) is 9.59 Å². The summed E-state index contributed by atoms with van der Waals surface area (Å²) in [6.45, 7) is 0.950. The molecule has 6 heteroatoms. The first-order valence-electron chi connectivity index (χ1n) is 5.18. The molecule has 0 aliphatic carbocycles. The summed E-state index contributed by atoms with van der Waals surface area (Å²) < 4.78 is 4.82. The van der Waals surface area contributed by atoms with Crippen LogP contribution >= 0.6 is 0 Å². The summed E-state index contributed by atoms with van der Waals surface area (Å²) in [4.78, 5) is 21.9. The number of nitrogens with zero attached hydrogens (tertiary/aromatic N) is 1. The Morgan fingerprint density at radius 3 is 2.78 bits per heavy atom. The van der Waals surface area contributed by atoms with Gasteiger partial charge < -0.3 is 15.2 Å². The van der Waals surface area contributed by atoms with Crippen LogP contribution in [0.2, 0.25) is 0 Å². The summed E-state index contributed by atoms with van der Waals surface area (Å²) in [5.41, 5.74) is 0.703. The van der Waals surface area contributed by atoms with Gasteiger partial charge in [-0.15, -0.1) is 0 Å². The van der Waals surface area contributed by atoms with Gasteiger partial charge in [-0.1, -0.05) is 12.1 Å². The first kappa shape index (κ1) is 13.7. The number of anilines is 1. The molecule has 1 amide bonds. The van der Waals surface area contributed by atoms with E-state index in [0.717, 1.165) is 0 Å². The van der Waals surface area contributed by atoms with Crippen molar-refractivity contribution in [1.29, 1.82) is 5.26 Å². The molecular weight excluding hydrogens is 236 g/mol. The number of nitriles is 1. The van der Waals surface area contributed by atoms with Crippen LogP contribution in [-0.4, -0.2) is 29.7 Å². The van der Waals surface area contributed by atoms with E-state index < -0.39 is 18.0 Å². The molecule has 0 bridgehead atoms. The topological polar surface area (TPSA) is 99.4 Å². The normalized spacial score (nSPS) is 11.3. The highest BCUT2D eigenvalue weighted by Gasteiger charge is 2.13. The van der Waals surface area contributed by atoms with Crippen LogP contribution in [0, 0.1) is 11.3 Å². The maximum absolute atomic E-state index is 11.5. The molecule has 0 aliphatic rings. The van der Waals surface area contributed by atoms with Gasteiger partial charge in [0, 0.05) is 0 Å². The number of rotatable bonds is 5. The van der Waals surface area contributed by atoms with Crippen molar-refractivity contribution >= 4 is 17.6 Å². The number of aliphatic carboxylic acids is 1. The zero-order valence-electron chi connectivity index (χ0n) is 9.71. The van der Waals surface area contributed by atoms with Crippen LogP contribution in [0.4, 0.5) is 5.69 Å². The molecule has 1 rings (SSSR count). The average Bonchev–Trinajstić information content (AvgIpc) is 2.36. The number of amides is 1. The van der Waals surface area contributed by atoms with Gasteiger partial charge in [-0.25, -0.2) is 4.79 Å². The zero-order chi connectivity index (χ0) is 13.5. The second kappa shape index (κ2) is 6.37. The van der Waals surface area contributed by atoms with Crippen molar-refractivity contribution in [2.24, 2.45) is 0 Å². The molecule has 18 heavy (non-hydrogen) atoms. The molecule has 94 valence electrons. The first-order chi connectivity index (χ1) is 8.54. The predicted octanol–water partition coefficient (Wildman–Crippen LogP) is 0.986. The fourth-order valence-corrected chi connectivity index (χ4v) is 1.15. The molecular formula is C12H12N2O4. The number of ether oxygens (including phenoxy) is 1. The van der Waals surface area contributed by atoms with Crippen molar-refractivity contribution in [1.82, 2.24) is 0 Å². The largest absolute Gasteiger partial charge is 0.479 e. The number of carboxylic acids is 1. The monoisotopic (exact) mass is 248 g/mol. The summed E-state index contributed by atoms with van der Waals surface area (Å²) >= 11 is 0. The molecule has 0 radical (unpaired) electrons. The van der Waals surface area contributed by atoms with E-state index in [4.69, 9.17) is 15.1 Å². The van der Waals surface area contributed by atoms with Crippen LogP contribution in [0.1, 0.15) is 12.5 Å². The molecule has 1 atom stereocenters. The van der Waals surface area contributed by atoms with Crippen LogP contribution < -0.4 is 5.32 Å². The van der Waals surface area contributed by atoms with Gasteiger partial charge in [-0.05, 0) is 19.1 Å². The van der Waals surface area contributed by atoms with E-state index in [0.29, 0.717) is 11.3 Å². The van der Waals surface area contributed by atoms with Gasteiger partial charge in [0.25, 0.3) is 0 Å². The van der Waals surface area contributed by atoms with Gasteiger partial charge in [0.15, 0.2) is 6.10 Å². The van der Waals surface area contributed by atoms with Crippen molar-refractivity contribution in [3.8, 4) is 6.07 Å². The SMILES string of the molecule is CC(OCC(=O)Nc1ccccc1C#N)C(=O)O. The number of para-hydroxylation sites is 1. The van der Waals surface area contributed by atoms with E-state index in [1.54, 1.807) is 24.3 Å². The smallest absolute Gasteiger partial charge is 0.332 e. The molecule has 0 aromatic heterocycles. The minimum atomic E-state index is -1.14. The minimum absolute atomic E-state index is 0.331. The van der Waals surface area contributed by atoms with Crippen molar-refractivity contribution in [2.45, 2.75) is 13.0 Å². The molecule has 6 nitrogen and oxygen atoms in total. The Morgan fingerprint density at radius 1 is 1.50 bits per heavy atom. The highest BCUT2D eigenvalue weighted by atomic mass is 16.5. The van der Waals surface area contributed by atoms with Gasteiger partial charge in [-0.2, -0.15) is 5.26 Å². The lowest BCUT2D eigenvalue weighted by molar-refractivity contribution is -0.150. The van der Waals surface area contributed by atoms with Crippen LogP contribution in [0.3, 0.4) is 0 Å². The fraction of sp³-hybridized carbons (Fsp3) is 0.250. The molecule has 0 heterocycles. The standard InChI is InChI=1S/C12H12N2O4/c1-8(12(16)17)18-7-11(15)14-10-5-3-2-4-9(10)6-13/h2-5,8H,7H2,1H3,(H,14,15)(H,16,17). The van der Waals surface area contributed by atoms with Crippen molar-refractivity contribution in [2.75, 3.05) is 11.9 Å². The second-order valence-corrected chi connectivity index (χ2v) is 3.50. The molecule has 1 aromatic rings. The average molecular weight is 248 g/mol. The molecule has 1 unspecified atom stereocenters. The van der Waals surface area contributed by atoms with Crippen LogP contribution in [-0.2, 0) is 14.3 Å². The maximum Gasteiger partial charge on any atom is 0.332 e. The van der Waals surface area contributed by atoms with E-state index in [2.05, 4.69) is 5.32 Å². The summed E-state index contributed by atoms with van der Waals surface area (Å²) in [6.07, 6.45) is -1.05. The Bertz CT molecular complexity index is 493. The lowest BCUT2D eigenvalue weighted by Gasteiger charge is -2.09. The Kier molecular flexibility index (Phi) is 4.84. The number of benzene rings is 1. The second-order valence-electron chi connectivity index (χ2n) is 3.50. The molecule has 0 fully saturated rings. The Hall–Kier alpha value is -2.39. The van der Waals surface area contributed by atoms with Gasteiger partial charge in [0.1, 0.15) is 12.7 Å². The number of hydrogen-bond donors (Lipinski definition) is 2. The van der Waals surface area contributed by atoms with Gasteiger partial charge in [0.2, 0.25) is 5.91 Å². The Morgan fingerprint density at radius 2 is 2.17 bits per heavy atom. The third-order valence-electron chi connectivity index (χ3n) is 2.13. The molecule has 0 saturated heterocycles. The molecule has 0 spiro atoms. The van der Waals surface area contributed by atoms with Crippen molar-refractivity contribution < 1.29 is 19.4 Å². The highest BCUT2D eigenvalue weighted by molar-refractivity contribution is 5.93. The number of carboxylic acid groups (broad SMARTS) is 1. The van der Waals surface area contributed by atoms with Crippen LogP contribution in [0.25, 0.3) is 0 Å². The number of nitrogens with one attached hydrogen (secondary N) is 1. The van der Waals surface area contributed by atoms with Gasteiger partial charge >= 0.3 is 5.97 Å². The van der Waals surface area contributed by atoms with Crippen molar-refractivity contribution in [3.63, 3.8) is 0 Å². The number of carbonyl (C=O) groups is 2. The molecule has 0 saturated carbocycles. The van der Waals surface area contributed by atoms with Gasteiger partial charge in [-0.3, -0.25) is 4.79 Å². The third-order valence-corrected chi connectivity index (χ3v) is 2.13. The van der Waals surface area contributed by atoms with Crippen LogP contribution in [0.5, 0.6) is 0 Å². The minimum Gasteiger partial charge on any atom is -0.479 e. The van der Waals surface area contributed by atoms with E-state index in [1.165, 1.54) is 6.92 Å². The molecule has 1 aromatic carbocycles. The summed E-state index contributed by atoms with van der Waals surface area (Å²) in [5, 5.41) is 19.9. The predicted molar refractivity (Wildman–Crippen MR) is 62.8 cm³/mol. The highest BCUT2D eigenvalue weighted by Crippen LogP contribution is 2.13. The lowest BCUT2D eigenvalue weighted by Crippen LogP contribution is -2.26. The number of carbonyl (C=O) groups excluding carboxylic acids is 1. The fourth-order valence-electron chi connectivity index (χ4n) is 1.15. The summed E-state index contributed by atoms with van der Waals surface area (Å²) in [7, 11) is 0. The Labute approximate surface area is 104 Å². The third kappa shape index (κ3) is 3.88. The maximum atomic E-state index is 11.5. The van der Waals surface area contributed by atoms with Gasteiger partial charge in [0.05, 0.1) is 11.3 Å². The van der Waals surface area contributed by atoms with Crippen LogP contribution in [0.15, 0.2) is 24.3 Å². The number of hydrogen-bond acceptors (Lipinski definition) is 4. The zero-order valence-corrected chi connectivity index (χ0v) is 9.71. The molecule has 0 aliphatic heterocycles. The Balaban J connectivity index is 2.55. The summed E-state index contributed by atoms with van der Waals surface area (Å²) in [5.74, 6) is -1.65. The van der Waals surface area contributed by atoms with E-state index >= 15 is 0 Å². The quantitative estimate of drug-likeness (QED) is 0.809. The lowest BCUT2D eigenvalue weighted by atomic mass is 10.2. The van der Waals surface area contributed by atoms with E-state index in [-0.39, 0.29) is 6.61 Å². The van der Waals surface area contributed by atoms with Crippen molar-refractivity contribution in [3.05, 3.63) is 29.8 Å². The molecule has 2 N–H and O–H groups in total. The van der Waals surface area contributed by atoms with E-state index in [1.807, 2.05) is 6.07 Å². The first-order valence-corrected chi connectivity index (χ1v) is 5.18. The summed E-state index contributed by atoms with van der Waals surface area (Å²) in [6, 6.07) is 8.44.